The van der Waals surface area contributed by atoms with Gasteiger partial charge in [-0.2, -0.15) is 0 Å². The van der Waals surface area contributed by atoms with Gasteiger partial charge in [-0.15, -0.1) is 0 Å². The highest BCUT2D eigenvalue weighted by molar-refractivity contribution is 5.31. The summed E-state index contributed by atoms with van der Waals surface area (Å²) in [6, 6.07) is 8.26. The van der Waals surface area contributed by atoms with Crippen LogP contribution in [0.5, 0.6) is 5.75 Å². The van der Waals surface area contributed by atoms with Gasteiger partial charge in [0.25, 0.3) is 0 Å². The van der Waals surface area contributed by atoms with Gasteiger partial charge in [-0.25, -0.2) is 0 Å². The highest BCUT2D eigenvalue weighted by Crippen LogP contribution is 2.61. The third kappa shape index (κ3) is 2.38. The van der Waals surface area contributed by atoms with E-state index in [4.69, 9.17) is 0 Å². The van der Waals surface area contributed by atoms with Gasteiger partial charge in [-0.1, -0.05) is 18.2 Å². The number of phenols is 1. The fraction of sp³-hybridized carbons (Fsp3) is 0.684. The summed E-state index contributed by atoms with van der Waals surface area (Å²) in [4.78, 5) is 0. The van der Waals surface area contributed by atoms with E-state index in [0.29, 0.717) is 17.2 Å². The summed E-state index contributed by atoms with van der Waals surface area (Å²) in [6.45, 7) is 3.17. The molecule has 0 saturated heterocycles. The van der Waals surface area contributed by atoms with Crippen molar-refractivity contribution in [3.8, 4) is 5.75 Å². The van der Waals surface area contributed by atoms with Gasteiger partial charge in [0.2, 0.25) is 0 Å². The molecular weight excluding hydrogens is 258 g/mol. The fourth-order valence-electron chi connectivity index (χ4n) is 5.85. The molecule has 4 bridgehead atoms. The van der Waals surface area contributed by atoms with E-state index in [1.54, 1.807) is 6.07 Å². The van der Waals surface area contributed by atoms with Gasteiger partial charge in [0.1, 0.15) is 5.75 Å². The van der Waals surface area contributed by atoms with Crippen LogP contribution in [0.3, 0.4) is 0 Å². The van der Waals surface area contributed by atoms with Crippen LogP contribution >= 0.6 is 0 Å². The van der Waals surface area contributed by atoms with Crippen molar-refractivity contribution in [2.75, 3.05) is 0 Å². The summed E-state index contributed by atoms with van der Waals surface area (Å²) in [5.41, 5.74) is 1.56. The Bertz CT molecular complexity index is 489. The van der Waals surface area contributed by atoms with Gasteiger partial charge in [0.15, 0.2) is 0 Å². The van der Waals surface area contributed by atoms with Gasteiger partial charge in [-0.05, 0) is 74.7 Å². The summed E-state index contributed by atoms with van der Waals surface area (Å²) in [7, 11) is 0. The molecule has 0 amide bonds. The van der Waals surface area contributed by atoms with Crippen LogP contribution in [0, 0.1) is 23.2 Å². The minimum absolute atomic E-state index is 0.419. The standard InChI is InChI=1S/C19H27NO/c1-13(20-12-17-4-2-3-5-18(17)21)19-9-14-6-15(10-19)8-16(7-14)11-19/h2-5,13-16,20-21H,6-12H2,1H3/t13-,14?,15?,16?,19?/m1/s1. The molecule has 4 saturated carbocycles. The van der Waals surface area contributed by atoms with Crippen LogP contribution in [-0.4, -0.2) is 11.1 Å². The molecule has 0 heterocycles. The highest BCUT2D eigenvalue weighted by Gasteiger charge is 2.52. The number of rotatable bonds is 4. The maximum Gasteiger partial charge on any atom is 0.120 e. The molecule has 1 aromatic carbocycles. The first-order valence-electron chi connectivity index (χ1n) is 8.65. The number of benzene rings is 1. The van der Waals surface area contributed by atoms with Crippen molar-refractivity contribution in [2.45, 2.75) is 58.0 Å². The van der Waals surface area contributed by atoms with Gasteiger partial charge in [0.05, 0.1) is 0 Å². The van der Waals surface area contributed by atoms with Crippen LogP contribution < -0.4 is 5.32 Å². The van der Waals surface area contributed by atoms with E-state index >= 15 is 0 Å². The minimum atomic E-state index is 0.419. The molecule has 114 valence electrons. The lowest BCUT2D eigenvalue weighted by Crippen LogP contribution is -2.54. The largest absolute Gasteiger partial charge is 0.508 e. The summed E-state index contributed by atoms with van der Waals surface area (Å²) >= 11 is 0. The lowest BCUT2D eigenvalue weighted by Gasteiger charge is -2.59. The lowest BCUT2D eigenvalue weighted by molar-refractivity contribution is -0.0706. The predicted octanol–water partition coefficient (Wildman–Crippen LogP) is 4.09. The maximum atomic E-state index is 9.92. The van der Waals surface area contributed by atoms with Crippen LogP contribution in [0.2, 0.25) is 0 Å². The summed E-state index contributed by atoms with van der Waals surface area (Å²) in [5, 5.41) is 13.7. The Kier molecular flexibility index (Phi) is 3.25. The van der Waals surface area contributed by atoms with E-state index in [0.717, 1.165) is 29.9 Å². The lowest BCUT2D eigenvalue weighted by atomic mass is 9.48. The third-order valence-electron chi connectivity index (χ3n) is 6.59. The van der Waals surface area contributed by atoms with Crippen LogP contribution in [0.25, 0.3) is 0 Å². The van der Waals surface area contributed by atoms with Gasteiger partial charge >= 0.3 is 0 Å². The molecule has 4 fully saturated rings. The maximum absolute atomic E-state index is 9.92. The molecular formula is C19H27NO. The van der Waals surface area contributed by atoms with Gasteiger partial charge in [0, 0.05) is 18.2 Å². The van der Waals surface area contributed by atoms with Crippen LogP contribution in [-0.2, 0) is 6.54 Å². The second kappa shape index (κ2) is 5.01. The van der Waals surface area contributed by atoms with Crippen molar-refractivity contribution in [1.82, 2.24) is 5.32 Å². The first-order chi connectivity index (χ1) is 10.1. The minimum Gasteiger partial charge on any atom is -0.508 e. The van der Waals surface area contributed by atoms with Crippen molar-refractivity contribution < 1.29 is 5.11 Å². The Morgan fingerprint density at radius 1 is 1.10 bits per heavy atom. The molecule has 0 spiro atoms. The molecule has 1 atom stereocenters. The Morgan fingerprint density at radius 2 is 1.67 bits per heavy atom. The first-order valence-corrected chi connectivity index (χ1v) is 8.65. The Morgan fingerprint density at radius 3 is 2.24 bits per heavy atom. The molecule has 4 aliphatic carbocycles. The van der Waals surface area contributed by atoms with E-state index < -0.39 is 0 Å². The SMILES string of the molecule is C[C@@H](NCc1ccccc1O)C12CC3CC(CC(C3)C1)C2. The normalized spacial score (nSPS) is 38.6. The van der Waals surface area contributed by atoms with E-state index in [1.807, 2.05) is 18.2 Å². The number of para-hydroxylation sites is 1. The average Bonchev–Trinajstić information content (AvgIpc) is 2.44. The van der Waals surface area contributed by atoms with Gasteiger partial charge < -0.3 is 10.4 Å². The molecule has 0 unspecified atom stereocenters. The predicted molar refractivity (Wildman–Crippen MR) is 85.0 cm³/mol. The second-order valence-corrected chi connectivity index (χ2v) is 8.01. The Hall–Kier alpha value is -1.02. The van der Waals surface area contributed by atoms with Crippen molar-refractivity contribution in [3.63, 3.8) is 0 Å². The summed E-state index contributed by atoms with van der Waals surface area (Å²) in [6.07, 6.45) is 8.83. The molecule has 5 rings (SSSR count). The third-order valence-corrected chi connectivity index (χ3v) is 6.59. The molecule has 0 radical (unpaired) electrons. The van der Waals surface area contributed by atoms with Crippen molar-refractivity contribution in [3.05, 3.63) is 29.8 Å². The van der Waals surface area contributed by atoms with Gasteiger partial charge in [-0.3, -0.25) is 0 Å². The van der Waals surface area contributed by atoms with E-state index in [1.165, 1.54) is 38.5 Å². The van der Waals surface area contributed by atoms with Crippen LogP contribution in [0.15, 0.2) is 24.3 Å². The van der Waals surface area contributed by atoms with E-state index in [-0.39, 0.29) is 0 Å². The van der Waals surface area contributed by atoms with Crippen LogP contribution in [0.1, 0.15) is 51.0 Å². The molecule has 0 aliphatic heterocycles. The number of phenolic OH excluding ortho intramolecular Hbond substituents is 1. The number of nitrogens with one attached hydrogen (secondary N) is 1. The molecule has 4 aliphatic rings. The molecule has 0 aromatic heterocycles. The van der Waals surface area contributed by atoms with Crippen molar-refractivity contribution >= 4 is 0 Å². The Labute approximate surface area is 128 Å². The average molecular weight is 285 g/mol. The molecule has 2 heteroatoms. The molecule has 21 heavy (non-hydrogen) atoms. The topological polar surface area (TPSA) is 32.3 Å². The zero-order chi connectivity index (χ0) is 14.4. The van der Waals surface area contributed by atoms with E-state index in [2.05, 4.69) is 12.2 Å². The fourth-order valence-corrected chi connectivity index (χ4v) is 5.85. The van der Waals surface area contributed by atoms with Crippen LogP contribution in [0.4, 0.5) is 0 Å². The molecule has 2 nitrogen and oxygen atoms in total. The number of hydrogen-bond acceptors (Lipinski definition) is 2. The number of aromatic hydroxyl groups is 1. The van der Waals surface area contributed by atoms with Crippen molar-refractivity contribution in [2.24, 2.45) is 23.2 Å². The number of hydrogen-bond donors (Lipinski definition) is 2. The second-order valence-electron chi connectivity index (χ2n) is 8.01. The highest BCUT2D eigenvalue weighted by atomic mass is 16.3. The smallest absolute Gasteiger partial charge is 0.120 e. The zero-order valence-electron chi connectivity index (χ0n) is 13.0. The molecule has 1 aromatic rings. The molecule has 2 N–H and O–H groups in total. The monoisotopic (exact) mass is 285 g/mol. The summed E-state index contributed by atoms with van der Waals surface area (Å²) < 4.78 is 0. The van der Waals surface area contributed by atoms with E-state index in [9.17, 15) is 5.11 Å². The summed E-state index contributed by atoms with van der Waals surface area (Å²) in [5.74, 6) is 3.43. The Balaban J connectivity index is 1.45. The van der Waals surface area contributed by atoms with Crippen molar-refractivity contribution in [1.29, 1.82) is 0 Å². The first kappa shape index (κ1) is 13.6. The zero-order valence-corrected chi connectivity index (χ0v) is 13.0. The quantitative estimate of drug-likeness (QED) is 0.873.